The van der Waals surface area contributed by atoms with Gasteiger partial charge in [-0.2, -0.15) is 0 Å². The van der Waals surface area contributed by atoms with E-state index in [1.54, 1.807) is 6.08 Å². The van der Waals surface area contributed by atoms with Crippen LogP contribution in [0.25, 0.3) is 0 Å². The Morgan fingerprint density at radius 3 is 2.77 bits per heavy atom. The summed E-state index contributed by atoms with van der Waals surface area (Å²) in [4.78, 5) is 11.0. The summed E-state index contributed by atoms with van der Waals surface area (Å²) in [6.45, 7) is 0.159. The molecule has 0 aromatic rings. The standard InChI is InChI=1S/C8H14N2O2.ClH/c9-7-4-3-6(2-1-5-11)10-8(7)12;/h3-4,6-7,11H,1-2,5,9H2,(H,10,12);1H/t6-,7+;/m1./s1. The van der Waals surface area contributed by atoms with E-state index in [1.165, 1.54) is 0 Å². The van der Waals surface area contributed by atoms with Crippen LogP contribution in [0.2, 0.25) is 0 Å². The van der Waals surface area contributed by atoms with Crippen molar-refractivity contribution in [3.8, 4) is 0 Å². The number of rotatable bonds is 3. The highest BCUT2D eigenvalue weighted by Gasteiger charge is 2.18. The van der Waals surface area contributed by atoms with Crippen LogP contribution in [0.4, 0.5) is 0 Å². The van der Waals surface area contributed by atoms with E-state index in [2.05, 4.69) is 5.32 Å². The van der Waals surface area contributed by atoms with Gasteiger partial charge in [0.25, 0.3) is 0 Å². The Kier molecular flexibility index (Phi) is 5.70. The van der Waals surface area contributed by atoms with E-state index >= 15 is 0 Å². The largest absolute Gasteiger partial charge is 0.396 e. The summed E-state index contributed by atoms with van der Waals surface area (Å²) in [5.41, 5.74) is 5.42. The fourth-order valence-corrected chi connectivity index (χ4v) is 1.15. The lowest BCUT2D eigenvalue weighted by atomic mass is 10.1. The summed E-state index contributed by atoms with van der Waals surface area (Å²) in [7, 11) is 0. The fourth-order valence-electron chi connectivity index (χ4n) is 1.15. The molecule has 0 spiro atoms. The zero-order chi connectivity index (χ0) is 8.97. The maximum Gasteiger partial charge on any atom is 0.241 e. The summed E-state index contributed by atoms with van der Waals surface area (Å²) in [5.74, 6) is -0.138. The van der Waals surface area contributed by atoms with E-state index in [0.29, 0.717) is 6.42 Å². The van der Waals surface area contributed by atoms with Crippen LogP contribution in [0.1, 0.15) is 12.8 Å². The van der Waals surface area contributed by atoms with E-state index in [9.17, 15) is 4.79 Å². The topological polar surface area (TPSA) is 75.3 Å². The molecule has 1 rings (SSSR count). The minimum Gasteiger partial charge on any atom is -0.396 e. The van der Waals surface area contributed by atoms with Gasteiger partial charge in [-0.25, -0.2) is 0 Å². The molecule has 1 amide bonds. The Bertz CT molecular complexity index is 197. The molecule has 1 heterocycles. The maximum atomic E-state index is 11.0. The van der Waals surface area contributed by atoms with Crippen molar-refractivity contribution in [1.82, 2.24) is 5.32 Å². The Hall–Kier alpha value is -0.580. The molecular weight excluding hydrogens is 192 g/mol. The van der Waals surface area contributed by atoms with Gasteiger partial charge in [0, 0.05) is 12.6 Å². The first-order chi connectivity index (χ1) is 5.74. The Balaban J connectivity index is 0.00000144. The molecule has 2 atom stereocenters. The third-order valence-corrected chi connectivity index (χ3v) is 1.85. The normalized spacial score (nSPS) is 26.5. The molecule has 5 heteroatoms. The number of carbonyl (C=O) groups excluding carboxylic acids is 1. The summed E-state index contributed by atoms with van der Waals surface area (Å²) in [6, 6.07) is -0.458. The number of amides is 1. The first kappa shape index (κ1) is 12.4. The predicted molar refractivity (Wildman–Crippen MR) is 52.6 cm³/mol. The van der Waals surface area contributed by atoms with Crippen molar-refractivity contribution in [3.05, 3.63) is 12.2 Å². The van der Waals surface area contributed by atoms with Gasteiger partial charge in [-0.05, 0) is 12.8 Å². The van der Waals surface area contributed by atoms with Crippen molar-refractivity contribution in [1.29, 1.82) is 0 Å². The quantitative estimate of drug-likeness (QED) is 0.549. The van der Waals surface area contributed by atoms with Crippen molar-refractivity contribution in [2.75, 3.05) is 6.61 Å². The minimum absolute atomic E-state index is 0. The molecule has 1 aliphatic heterocycles. The van der Waals surface area contributed by atoms with Crippen LogP contribution >= 0.6 is 12.4 Å². The molecule has 76 valence electrons. The molecule has 0 unspecified atom stereocenters. The lowest BCUT2D eigenvalue weighted by Gasteiger charge is -2.21. The van der Waals surface area contributed by atoms with Crippen LogP contribution in [0.15, 0.2) is 12.2 Å². The molecular formula is C8H15ClN2O2. The van der Waals surface area contributed by atoms with Crippen LogP contribution in [0.5, 0.6) is 0 Å². The first-order valence-corrected chi connectivity index (χ1v) is 4.09. The van der Waals surface area contributed by atoms with Crippen LogP contribution in [-0.4, -0.2) is 29.7 Å². The van der Waals surface area contributed by atoms with E-state index < -0.39 is 6.04 Å². The number of halogens is 1. The van der Waals surface area contributed by atoms with Crippen molar-refractivity contribution in [3.63, 3.8) is 0 Å². The monoisotopic (exact) mass is 206 g/mol. The SMILES string of the molecule is Cl.N[C@H]1C=C[C@@H](CCCO)NC1=O. The molecule has 4 nitrogen and oxygen atoms in total. The molecule has 13 heavy (non-hydrogen) atoms. The second kappa shape index (κ2) is 5.96. The number of aliphatic hydroxyl groups excluding tert-OH is 1. The predicted octanol–water partition coefficient (Wildman–Crippen LogP) is -0.437. The lowest BCUT2D eigenvalue weighted by Crippen LogP contribution is -2.47. The zero-order valence-electron chi connectivity index (χ0n) is 7.27. The van der Waals surface area contributed by atoms with Gasteiger partial charge in [-0.3, -0.25) is 4.79 Å². The Morgan fingerprint density at radius 2 is 2.23 bits per heavy atom. The van der Waals surface area contributed by atoms with Gasteiger partial charge in [0.1, 0.15) is 6.04 Å². The van der Waals surface area contributed by atoms with E-state index in [0.717, 1.165) is 6.42 Å². The number of hydrogen-bond donors (Lipinski definition) is 3. The molecule has 4 N–H and O–H groups in total. The first-order valence-electron chi connectivity index (χ1n) is 4.09. The van der Waals surface area contributed by atoms with Gasteiger partial charge >= 0.3 is 0 Å². The minimum atomic E-state index is -0.504. The average Bonchev–Trinajstić information content (AvgIpc) is 2.07. The highest BCUT2D eigenvalue weighted by molar-refractivity contribution is 5.85. The smallest absolute Gasteiger partial charge is 0.241 e. The summed E-state index contributed by atoms with van der Waals surface area (Å²) < 4.78 is 0. The van der Waals surface area contributed by atoms with Gasteiger partial charge in [0.05, 0.1) is 0 Å². The molecule has 0 aromatic heterocycles. The van der Waals surface area contributed by atoms with E-state index in [1.807, 2.05) is 6.08 Å². The summed E-state index contributed by atoms with van der Waals surface area (Å²) in [6.07, 6.45) is 5.04. The highest BCUT2D eigenvalue weighted by Crippen LogP contribution is 2.04. The molecule has 0 fully saturated rings. The number of carbonyl (C=O) groups is 1. The second-order valence-electron chi connectivity index (χ2n) is 2.89. The second-order valence-corrected chi connectivity index (χ2v) is 2.89. The Morgan fingerprint density at radius 1 is 1.54 bits per heavy atom. The van der Waals surface area contributed by atoms with Crippen LogP contribution in [0, 0.1) is 0 Å². The van der Waals surface area contributed by atoms with Gasteiger partial charge in [0.15, 0.2) is 0 Å². The van der Waals surface area contributed by atoms with Crippen molar-refractivity contribution in [2.45, 2.75) is 24.9 Å². The number of aliphatic hydroxyl groups is 1. The van der Waals surface area contributed by atoms with Crippen molar-refractivity contribution >= 4 is 18.3 Å². The van der Waals surface area contributed by atoms with Gasteiger partial charge in [-0.1, -0.05) is 12.2 Å². The van der Waals surface area contributed by atoms with Crippen molar-refractivity contribution in [2.24, 2.45) is 5.73 Å². The van der Waals surface area contributed by atoms with Crippen molar-refractivity contribution < 1.29 is 9.90 Å². The fraction of sp³-hybridized carbons (Fsp3) is 0.625. The van der Waals surface area contributed by atoms with Crippen LogP contribution in [0.3, 0.4) is 0 Å². The Labute approximate surface area is 83.6 Å². The third kappa shape index (κ3) is 3.76. The molecule has 0 aromatic carbocycles. The zero-order valence-corrected chi connectivity index (χ0v) is 8.09. The van der Waals surface area contributed by atoms with Gasteiger partial charge < -0.3 is 16.2 Å². The number of nitrogens with one attached hydrogen (secondary N) is 1. The van der Waals surface area contributed by atoms with E-state index in [-0.39, 0.29) is 31.0 Å². The summed E-state index contributed by atoms with van der Waals surface area (Å²) in [5, 5.41) is 11.3. The van der Waals surface area contributed by atoms with Crippen LogP contribution in [-0.2, 0) is 4.79 Å². The molecule has 0 radical (unpaired) electrons. The van der Waals surface area contributed by atoms with Gasteiger partial charge in [0.2, 0.25) is 5.91 Å². The third-order valence-electron chi connectivity index (χ3n) is 1.85. The molecule has 0 saturated heterocycles. The molecule has 0 aliphatic carbocycles. The lowest BCUT2D eigenvalue weighted by molar-refractivity contribution is -0.122. The van der Waals surface area contributed by atoms with Gasteiger partial charge in [-0.15, -0.1) is 12.4 Å². The highest BCUT2D eigenvalue weighted by atomic mass is 35.5. The van der Waals surface area contributed by atoms with Crippen LogP contribution < -0.4 is 11.1 Å². The average molecular weight is 207 g/mol. The summed E-state index contributed by atoms with van der Waals surface area (Å²) >= 11 is 0. The molecule has 0 bridgehead atoms. The molecule has 1 aliphatic rings. The number of nitrogens with two attached hydrogens (primary N) is 1. The maximum absolute atomic E-state index is 11.0. The van der Waals surface area contributed by atoms with E-state index in [4.69, 9.17) is 10.8 Å². The molecule has 0 saturated carbocycles. The number of hydrogen-bond acceptors (Lipinski definition) is 3.